The molecule has 0 saturated carbocycles. The Morgan fingerprint density at radius 2 is 1.83 bits per heavy atom. The van der Waals surface area contributed by atoms with Gasteiger partial charge in [-0.15, -0.1) is 0 Å². The second-order valence-corrected chi connectivity index (χ2v) is 3.53. The molecule has 0 bridgehead atoms. The molecule has 1 saturated heterocycles. The van der Waals surface area contributed by atoms with Crippen LogP contribution in [0.25, 0.3) is 0 Å². The fraction of sp³-hybridized carbons (Fsp3) is 0.333. The van der Waals surface area contributed by atoms with Gasteiger partial charge in [0.15, 0.2) is 0 Å². The summed E-state index contributed by atoms with van der Waals surface area (Å²) in [4.78, 5) is 0. The van der Waals surface area contributed by atoms with Crippen molar-refractivity contribution in [3.63, 3.8) is 0 Å². The van der Waals surface area contributed by atoms with Crippen molar-refractivity contribution in [1.82, 2.24) is 0 Å². The summed E-state index contributed by atoms with van der Waals surface area (Å²) in [6, 6.07) is 8.01. The van der Waals surface area contributed by atoms with Gasteiger partial charge in [-0.3, -0.25) is 0 Å². The third kappa shape index (κ3) is 1.54. The maximum atomic E-state index is 5.38. The second-order valence-electron chi connectivity index (χ2n) is 2.61. The van der Waals surface area contributed by atoms with Crippen molar-refractivity contribution < 1.29 is 9.47 Å². The fourth-order valence-corrected chi connectivity index (χ4v) is 1.72. The van der Waals surface area contributed by atoms with Crippen LogP contribution in [0, 0.1) is 0 Å². The third-order valence-corrected chi connectivity index (χ3v) is 2.57. The molecule has 1 aromatic carbocycles. The van der Waals surface area contributed by atoms with E-state index in [0.29, 0.717) is 13.2 Å². The third-order valence-electron chi connectivity index (χ3n) is 1.79. The Hall–Kier alpha value is -0.341. The van der Waals surface area contributed by atoms with E-state index in [2.05, 4.69) is 16.0 Å². The van der Waals surface area contributed by atoms with Crippen LogP contribution < -0.4 is 4.46 Å². The molecule has 1 heterocycles. The van der Waals surface area contributed by atoms with E-state index in [1.54, 1.807) is 0 Å². The van der Waals surface area contributed by atoms with Crippen molar-refractivity contribution in [2.75, 3.05) is 13.2 Å². The maximum absolute atomic E-state index is 5.38. The van der Waals surface area contributed by atoms with Gasteiger partial charge in [0.2, 0.25) is 0 Å². The Kier molecular flexibility index (Phi) is 2.47. The molecule has 0 radical (unpaired) electrons. The first-order valence-corrected chi connectivity index (χ1v) is 4.73. The summed E-state index contributed by atoms with van der Waals surface area (Å²) in [5, 5.41) is 0. The zero-order valence-electron chi connectivity index (χ0n) is 6.53. The topological polar surface area (TPSA) is 18.5 Å². The van der Waals surface area contributed by atoms with Crippen LogP contribution in [0.4, 0.5) is 0 Å². The predicted octanol–water partition coefficient (Wildman–Crippen LogP) is 0.526. The van der Waals surface area contributed by atoms with Crippen molar-refractivity contribution in [2.45, 2.75) is 6.29 Å². The summed E-state index contributed by atoms with van der Waals surface area (Å²) in [6.45, 7) is 1.39. The van der Waals surface area contributed by atoms with Crippen LogP contribution in [0.1, 0.15) is 11.9 Å². The van der Waals surface area contributed by atoms with E-state index in [-0.39, 0.29) is 6.29 Å². The molecule has 0 amide bonds. The van der Waals surface area contributed by atoms with Crippen LogP contribution in [0.3, 0.4) is 0 Å². The SMILES string of the molecule is [Se-]c1ccccc1C1OCCO1. The number of benzene rings is 1. The van der Waals surface area contributed by atoms with Crippen LogP contribution in [0.5, 0.6) is 0 Å². The average Bonchev–Trinajstić information content (AvgIpc) is 2.57. The summed E-state index contributed by atoms with van der Waals surface area (Å²) in [5.41, 5.74) is 1.09. The van der Waals surface area contributed by atoms with Crippen molar-refractivity contribution in [1.29, 1.82) is 0 Å². The molecule has 0 unspecified atom stereocenters. The van der Waals surface area contributed by atoms with E-state index in [4.69, 9.17) is 9.47 Å². The number of hydrogen-bond donors (Lipinski definition) is 0. The van der Waals surface area contributed by atoms with Crippen molar-refractivity contribution in [3.05, 3.63) is 29.8 Å². The molecule has 0 N–H and O–H groups in total. The van der Waals surface area contributed by atoms with Gasteiger partial charge >= 0.3 is 79.3 Å². The van der Waals surface area contributed by atoms with Crippen LogP contribution in [-0.2, 0) is 9.47 Å². The predicted molar refractivity (Wildman–Crippen MR) is 46.5 cm³/mol. The Morgan fingerprint density at radius 3 is 2.50 bits per heavy atom. The first-order valence-electron chi connectivity index (χ1n) is 3.87. The molecule has 2 rings (SSSR count). The van der Waals surface area contributed by atoms with E-state index < -0.39 is 0 Å². The van der Waals surface area contributed by atoms with Gasteiger partial charge in [-0.2, -0.15) is 0 Å². The van der Waals surface area contributed by atoms with Gasteiger partial charge in [0.25, 0.3) is 0 Å². The average molecular weight is 228 g/mol. The summed E-state index contributed by atoms with van der Waals surface area (Å²) in [5.74, 6) is 0. The molecule has 2 nitrogen and oxygen atoms in total. The molecule has 1 aliphatic heterocycles. The summed E-state index contributed by atoms with van der Waals surface area (Å²) in [7, 11) is 0. The zero-order valence-corrected chi connectivity index (χ0v) is 8.24. The van der Waals surface area contributed by atoms with Crippen molar-refractivity contribution >= 4 is 20.5 Å². The summed E-state index contributed by atoms with van der Waals surface area (Å²) in [6.07, 6.45) is -0.164. The first kappa shape index (κ1) is 8.27. The molecular formula is C9H9O2Se-. The van der Waals surface area contributed by atoms with Gasteiger partial charge in [0.05, 0.1) is 0 Å². The van der Waals surface area contributed by atoms with Crippen LogP contribution in [-0.4, -0.2) is 29.2 Å². The molecule has 0 aliphatic carbocycles. The summed E-state index contributed by atoms with van der Waals surface area (Å²) >= 11 is 2.99. The van der Waals surface area contributed by atoms with E-state index >= 15 is 0 Å². The Balaban J connectivity index is 2.26. The molecule has 3 heteroatoms. The Bertz CT molecular complexity index is 269. The Morgan fingerprint density at radius 1 is 1.17 bits per heavy atom. The van der Waals surface area contributed by atoms with Crippen molar-refractivity contribution in [3.8, 4) is 0 Å². The minimum atomic E-state index is -0.164. The van der Waals surface area contributed by atoms with Crippen LogP contribution in [0.15, 0.2) is 24.3 Å². The van der Waals surface area contributed by atoms with Crippen LogP contribution in [0.2, 0.25) is 0 Å². The first-order chi connectivity index (χ1) is 5.88. The van der Waals surface area contributed by atoms with Crippen LogP contribution >= 0.6 is 0 Å². The number of ether oxygens (including phenoxy) is 2. The fourth-order valence-electron chi connectivity index (χ4n) is 1.21. The molecule has 1 aliphatic rings. The van der Waals surface area contributed by atoms with Gasteiger partial charge in [-0.25, -0.2) is 0 Å². The number of hydrogen-bond acceptors (Lipinski definition) is 2. The minimum absolute atomic E-state index is 0.164. The standard InChI is InChI=1S/C9H10O2Se/c12-8-4-2-1-3-7(8)9-10-5-6-11-9/h1-4,9,12H,5-6H2/p-1. The second kappa shape index (κ2) is 3.58. The molecule has 12 heavy (non-hydrogen) atoms. The molecule has 0 aromatic heterocycles. The molecular weight excluding hydrogens is 219 g/mol. The van der Waals surface area contributed by atoms with E-state index in [1.165, 1.54) is 0 Å². The molecule has 0 spiro atoms. The molecule has 64 valence electrons. The molecule has 1 aromatic rings. The van der Waals surface area contributed by atoms with E-state index in [1.807, 2.05) is 24.3 Å². The van der Waals surface area contributed by atoms with E-state index in [0.717, 1.165) is 10.0 Å². The quantitative estimate of drug-likeness (QED) is 0.652. The van der Waals surface area contributed by atoms with Crippen molar-refractivity contribution in [2.24, 2.45) is 0 Å². The van der Waals surface area contributed by atoms with E-state index in [9.17, 15) is 0 Å². The number of rotatable bonds is 1. The van der Waals surface area contributed by atoms with Gasteiger partial charge < -0.3 is 0 Å². The molecule has 1 fully saturated rings. The van der Waals surface area contributed by atoms with Gasteiger partial charge in [0.1, 0.15) is 0 Å². The zero-order chi connectivity index (χ0) is 8.39. The normalized spacial score (nSPS) is 18.3. The molecule has 0 atom stereocenters. The van der Waals surface area contributed by atoms with Gasteiger partial charge in [0, 0.05) is 0 Å². The van der Waals surface area contributed by atoms with Gasteiger partial charge in [-0.05, 0) is 0 Å². The Labute approximate surface area is 79.7 Å². The van der Waals surface area contributed by atoms with Gasteiger partial charge in [-0.1, -0.05) is 0 Å². The summed E-state index contributed by atoms with van der Waals surface area (Å²) < 4.78 is 11.9. The monoisotopic (exact) mass is 229 g/mol.